The second kappa shape index (κ2) is 5.94. The summed E-state index contributed by atoms with van der Waals surface area (Å²) in [6, 6.07) is 5.89. The van der Waals surface area contributed by atoms with Crippen molar-refractivity contribution < 1.29 is 4.39 Å². The number of nitrogen functional groups attached to an aromatic ring is 1. The number of aromatic nitrogens is 2. The Morgan fingerprint density at radius 2 is 1.80 bits per heavy atom. The van der Waals surface area contributed by atoms with Crippen molar-refractivity contribution in [1.29, 1.82) is 0 Å². The first-order valence-corrected chi connectivity index (χ1v) is 6.96. The number of hydrogen-bond donors (Lipinski definition) is 1. The smallest absolute Gasteiger partial charge is 0.294 e. The predicted molar refractivity (Wildman–Crippen MR) is 78.7 cm³/mol. The molecule has 5 heteroatoms. The Labute approximate surface area is 117 Å². The first-order chi connectivity index (χ1) is 9.60. The van der Waals surface area contributed by atoms with Crippen molar-refractivity contribution in [1.82, 2.24) is 9.36 Å². The SMILES string of the molecule is CCCc1c(N)c(=O)n(-c2ccc(F)cc2)n1CCC. The van der Waals surface area contributed by atoms with Crippen molar-refractivity contribution in [2.75, 3.05) is 5.73 Å². The monoisotopic (exact) mass is 277 g/mol. The molecule has 0 fully saturated rings. The predicted octanol–water partition coefficient (Wildman–Crippen LogP) is 2.72. The van der Waals surface area contributed by atoms with E-state index in [9.17, 15) is 9.18 Å². The Morgan fingerprint density at radius 1 is 1.15 bits per heavy atom. The zero-order valence-corrected chi connectivity index (χ0v) is 11.9. The third-order valence-electron chi connectivity index (χ3n) is 3.28. The van der Waals surface area contributed by atoms with Gasteiger partial charge in [-0.2, -0.15) is 0 Å². The minimum Gasteiger partial charge on any atom is -0.393 e. The molecule has 0 spiro atoms. The van der Waals surface area contributed by atoms with Crippen molar-refractivity contribution in [3.8, 4) is 5.69 Å². The summed E-state index contributed by atoms with van der Waals surface area (Å²) < 4.78 is 16.5. The zero-order valence-electron chi connectivity index (χ0n) is 11.9. The van der Waals surface area contributed by atoms with Gasteiger partial charge in [0.05, 0.1) is 11.4 Å². The molecule has 0 saturated heterocycles. The quantitative estimate of drug-likeness (QED) is 0.913. The molecule has 1 heterocycles. The van der Waals surface area contributed by atoms with Crippen LogP contribution in [0.3, 0.4) is 0 Å². The normalized spacial score (nSPS) is 10.9. The average Bonchev–Trinajstić information content (AvgIpc) is 2.66. The molecule has 20 heavy (non-hydrogen) atoms. The highest BCUT2D eigenvalue weighted by Crippen LogP contribution is 2.16. The van der Waals surface area contributed by atoms with E-state index in [1.165, 1.54) is 12.1 Å². The van der Waals surface area contributed by atoms with Gasteiger partial charge in [-0.25, -0.2) is 9.07 Å². The van der Waals surface area contributed by atoms with Gasteiger partial charge in [0.2, 0.25) is 0 Å². The first kappa shape index (κ1) is 14.4. The molecule has 108 valence electrons. The second-order valence-electron chi connectivity index (χ2n) is 4.83. The maximum Gasteiger partial charge on any atom is 0.294 e. The molecule has 2 rings (SSSR count). The van der Waals surface area contributed by atoms with Crippen LogP contribution in [-0.4, -0.2) is 9.36 Å². The summed E-state index contributed by atoms with van der Waals surface area (Å²) >= 11 is 0. The molecular weight excluding hydrogens is 257 g/mol. The highest BCUT2D eigenvalue weighted by molar-refractivity contribution is 5.45. The van der Waals surface area contributed by atoms with Crippen molar-refractivity contribution >= 4 is 5.69 Å². The molecule has 1 aromatic heterocycles. The Balaban J connectivity index is 2.64. The van der Waals surface area contributed by atoms with E-state index in [0.29, 0.717) is 17.9 Å². The lowest BCUT2D eigenvalue weighted by atomic mass is 10.2. The fraction of sp³-hybridized carbons (Fsp3) is 0.400. The number of halogens is 1. The van der Waals surface area contributed by atoms with E-state index < -0.39 is 0 Å². The summed E-state index contributed by atoms with van der Waals surface area (Å²) in [5.41, 5.74) is 7.53. The molecule has 0 aliphatic rings. The fourth-order valence-corrected chi connectivity index (χ4v) is 2.39. The van der Waals surface area contributed by atoms with Crippen LogP contribution < -0.4 is 11.3 Å². The van der Waals surface area contributed by atoms with Gasteiger partial charge in [0, 0.05) is 6.54 Å². The number of nitrogens with zero attached hydrogens (tertiary/aromatic N) is 2. The third kappa shape index (κ3) is 2.48. The molecule has 0 atom stereocenters. The molecule has 0 bridgehead atoms. The molecule has 0 saturated carbocycles. The van der Waals surface area contributed by atoms with Gasteiger partial charge < -0.3 is 5.73 Å². The van der Waals surface area contributed by atoms with E-state index >= 15 is 0 Å². The molecule has 2 N–H and O–H groups in total. The highest BCUT2D eigenvalue weighted by Gasteiger charge is 2.17. The fourth-order valence-electron chi connectivity index (χ4n) is 2.39. The van der Waals surface area contributed by atoms with Crippen molar-refractivity contribution in [3.63, 3.8) is 0 Å². The van der Waals surface area contributed by atoms with Crippen LogP contribution in [-0.2, 0) is 13.0 Å². The summed E-state index contributed by atoms with van der Waals surface area (Å²) in [5, 5.41) is 0. The van der Waals surface area contributed by atoms with Crippen LogP contribution in [0.1, 0.15) is 32.4 Å². The molecule has 2 aromatic rings. The summed E-state index contributed by atoms with van der Waals surface area (Å²) in [7, 11) is 0. The number of benzene rings is 1. The van der Waals surface area contributed by atoms with Crippen LogP contribution in [0, 0.1) is 5.82 Å². The van der Waals surface area contributed by atoms with Gasteiger partial charge in [-0.3, -0.25) is 9.48 Å². The van der Waals surface area contributed by atoms with Gasteiger partial charge >= 0.3 is 0 Å². The van der Waals surface area contributed by atoms with Gasteiger partial charge in [0.1, 0.15) is 11.5 Å². The topological polar surface area (TPSA) is 53.0 Å². The van der Waals surface area contributed by atoms with Gasteiger partial charge in [0.25, 0.3) is 5.56 Å². The molecular formula is C15H20FN3O. The Kier molecular flexibility index (Phi) is 4.27. The molecule has 4 nitrogen and oxygen atoms in total. The largest absolute Gasteiger partial charge is 0.393 e. The lowest BCUT2D eigenvalue weighted by Gasteiger charge is -2.14. The summed E-state index contributed by atoms with van der Waals surface area (Å²) in [5.74, 6) is -0.322. The second-order valence-corrected chi connectivity index (χ2v) is 4.83. The number of nitrogens with two attached hydrogens (primary N) is 1. The van der Waals surface area contributed by atoms with E-state index in [2.05, 4.69) is 6.92 Å². The lowest BCUT2D eigenvalue weighted by Crippen LogP contribution is -2.22. The van der Waals surface area contributed by atoms with Crippen LogP contribution in [0.4, 0.5) is 10.1 Å². The van der Waals surface area contributed by atoms with Gasteiger partial charge in [0.15, 0.2) is 0 Å². The molecule has 0 unspecified atom stereocenters. The minimum absolute atomic E-state index is 0.228. The van der Waals surface area contributed by atoms with E-state index in [1.54, 1.807) is 16.8 Å². The van der Waals surface area contributed by atoms with Gasteiger partial charge in [-0.1, -0.05) is 20.3 Å². The minimum atomic E-state index is -0.322. The summed E-state index contributed by atoms with van der Waals surface area (Å²) in [6.45, 7) is 4.81. The maximum atomic E-state index is 13.0. The van der Waals surface area contributed by atoms with Crippen LogP contribution >= 0.6 is 0 Å². The van der Waals surface area contributed by atoms with Crippen LogP contribution in [0.25, 0.3) is 5.69 Å². The van der Waals surface area contributed by atoms with E-state index in [0.717, 1.165) is 25.0 Å². The number of anilines is 1. The highest BCUT2D eigenvalue weighted by atomic mass is 19.1. The average molecular weight is 277 g/mol. The third-order valence-corrected chi connectivity index (χ3v) is 3.28. The van der Waals surface area contributed by atoms with E-state index in [1.807, 2.05) is 11.6 Å². The Morgan fingerprint density at radius 3 is 2.35 bits per heavy atom. The van der Waals surface area contributed by atoms with Crippen molar-refractivity contribution in [2.24, 2.45) is 0 Å². The zero-order chi connectivity index (χ0) is 14.7. The lowest BCUT2D eigenvalue weighted by molar-refractivity contribution is 0.511. The standard InChI is InChI=1S/C15H20FN3O/c1-3-5-13-14(17)15(20)19(18(13)10-4-2)12-8-6-11(16)7-9-12/h6-9H,3-5,10,17H2,1-2H3. The molecule has 0 aliphatic heterocycles. The van der Waals surface area contributed by atoms with E-state index in [-0.39, 0.29) is 11.4 Å². The maximum absolute atomic E-state index is 13.0. The van der Waals surface area contributed by atoms with Crippen LogP contribution in [0.15, 0.2) is 29.1 Å². The van der Waals surface area contributed by atoms with E-state index in [4.69, 9.17) is 5.73 Å². The Hall–Kier alpha value is -2.04. The van der Waals surface area contributed by atoms with Crippen molar-refractivity contribution in [2.45, 2.75) is 39.7 Å². The molecule has 0 amide bonds. The first-order valence-electron chi connectivity index (χ1n) is 6.96. The van der Waals surface area contributed by atoms with Crippen molar-refractivity contribution in [3.05, 3.63) is 46.1 Å². The summed E-state index contributed by atoms with van der Waals surface area (Å²) in [4.78, 5) is 12.4. The van der Waals surface area contributed by atoms with Crippen LogP contribution in [0.5, 0.6) is 0 Å². The van der Waals surface area contributed by atoms with Gasteiger partial charge in [-0.05, 0) is 37.1 Å². The molecule has 0 aliphatic carbocycles. The Bertz CT molecular complexity index is 640. The van der Waals surface area contributed by atoms with Gasteiger partial charge in [-0.15, -0.1) is 0 Å². The van der Waals surface area contributed by atoms with Crippen LogP contribution in [0.2, 0.25) is 0 Å². The summed E-state index contributed by atoms with van der Waals surface area (Å²) in [6.07, 6.45) is 2.57. The molecule has 1 aromatic carbocycles. The number of rotatable bonds is 5. The molecule has 0 radical (unpaired) electrons. The number of hydrogen-bond acceptors (Lipinski definition) is 2.